The SMILES string of the molecule is C[C@@H]1CC(=O)C2=C(C1)Nc1ncnn1[C@@H]2c1cccc(Cl)c1. The molecule has 0 saturated heterocycles. The van der Waals surface area contributed by atoms with Gasteiger partial charge in [-0.1, -0.05) is 30.7 Å². The Kier molecular flexibility index (Phi) is 3.04. The Morgan fingerprint density at radius 2 is 2.23 bits per heavy atom. The average Bonchev–Trinajstić information content (AvgIpc) is 2.92. The zero-order chi connectivity index (χ0) is 15.3. The summed E-state index contributed by atoms with van der Waals surface area (Å²) in [6.45, 7) is 2.09. The fourth-order valence-corrected chi connectivity index (χ4v) is 3.53. The van der Waals surface area contributed by atoms with Gasteiger partial charge < -0.3 is 5.32 Å². The van der Waals surface area contributed by atoms with Gasteiger partial charge >= 0.3 is 0 Å². The minimum atomic E-state index is -0.257. The Bertz CT molecular complexity index is 795. The second-order valence-electron chi connectivity index (χ2n) is 5.94. The van der Waals surface area contributed by atoms with Gasteiger partial charge in [0.15, 0.2) is 5.78 Å². The first kappa shape index (κ1) is 13.5. The van der Waals surface area contributed by atoms with Crippen LogP contribution in [0.25, 0.3) is 0 Å². The summed E-state index contributed by atoms with van der Waals surface area (Å²) in [7, 11) is 0. The van der Waals surface area contributed by atoms with Gasteiger partial charge in [-0.05, 0) is 30.0 Å². The van der Waals surface area contributed by atoms with Crippen LogP contribution in [0.3, 0.4) is 0 Å². The van der Waals surface area contributed by atoms with Gasteiger partial charge in [0.1, 0.15) is 12.4 Å². The van der Waals surface area contributed by atoms with Crippen molar-refractivity contribution in [1.29, 1.82) is 0 Å². The van der Waals surface area contributed by atoms with E-state index in [9.17, 15) is 4.79 Å². The number of allylic oxidation sites excluding steroid dienone is 2. The molecule has 0 spiro atoms. The molecule has 0 bridgehead atoms. The van der Waals surface area contributed by atoms with E-state index >= 15 is 0 Å². The van der Waals surface area contributed by atoms with Crippen molar-refractivity contribution < 1.29 is 4.79 Å². The number of hydrogen-bond acceptors (Lipinski definition) is 4. The van der Waals surface area contributed by atoms with Crippen molar-refractivity contribution in [2.75, 3.05) is 5.32 Å². The highest BCUT2D eigenvalue weighted by Crippen LogP contribution is 2.41. The van der Waals surface area contributed by atoms with Crippen molar-refractivity contribution in [3.05, 3.63) is 52.4 Å². The minimum Gasteiger partial charge on any atom is -0.328 e. The van der Waals surface area contributed by atoms with Gasteiger partial charge in [-0.3, -0.25) is 4.79 Å². The number of ketones is 1. The van der Waals surface area contributed by atoms with E-state index in [1.165, 1.54) is 6.33 Å². The number of aromatic nitrogens is 3. The number of carbonyl (C=O) groups excluding carboxylic acids is 1. The molecule has 5 nitrogen and oxygen atoms in total. The van der Waals surface area contributed by atoms with Crippen LogP contribution < -0.4 is 5.32 Å². The number of nitrogens with one attached hydrogen (secondary N) is 1. The predicted octanol–water partition coefficient (Wildman–Crippen LogP) is 3.20. The Balaban J connectivity index is 1.92. The lowest BCUT2D eigenvalue weighted by molar-refractivity contribution is -0.117. The molecule has 0 unspecified atom stereocenters. The van der Waals surface area contributed by atoms with Crippen molar-refractivity contribution in [3.8, 4) is 0 Å². The molecule has 1 aromatic heterocycles. The van der Waals surface area contributed by atoms with E-state index in [0.717, 1.165) is 23.3 Å². The molecule has 1 aromatic carbocycles. The Hall–Kier alpha value is -2.14. The highest BCUT2D eigenvalue weighted by molar-refractivity contribution is 6.30. The number of nitrogens with zero attached hydrogens (tertiary/aromatic N) is 3. The first-order chi connectivity index (χ1) is 10.6. The standard InChI is InChI=1S/C16H15ClN4O/c1-9-5-12-14(13(22)6-9)15(10-3-2-4-11(17)7-10)21-16(20-12)18-8-19-21/h2-4,7-9,15H,5-6H2,1H3,(H,18,19,20)/t9-,15+/m0/s1. The van der Waals surface area contributed by atoms with E-state index in [4.69, 9.17) is 11.6 Å². The molecule has 2 aromatic rings. The summed E-state index contributed by atoms with van der Waals surface area (Å²) in [6.07, 6.45) is 2.93. The highest BCUT2D eigenvalue weighted by Gasteiger charge is 2.37. The van der Waals surface area contributed by atoms with Gasteiger partial charge in [0.05, 0.1) is 0 Å². The number of benzene rings is 1. The van der Waals surface area contributed by atoms with Crippen molar-refractivity contribution in [3.63, 3.8) is 0 Å². The lowest BCUT2D eigenvalue weighted by Gasteiger charge is -2.34. The van der Waals surface area contributed by atoms with E-state index in [1.807, 2.05) is 24.3 Å². The molecule has 2 aliphatic rings. The monoisotopic (exact) mass is 314 g/mol. The van der Waals surface area contributed by atoms with Gasteiger partial charge in [-0.25, -0.2) is 4.68 Å². The van der Waals surface area contributed by atoms with Gasteiger partial charge in [0.25, 0.3) is 0 Å². The van der Waals surface area contributed by atoms with E-state index in [1.54, 1.807) is 4.68 Å². The first-order valence-electron chi connectivity index (χ1n) is 7.31. The molecule has 112 valence electrons. The molecule has 2 heterocycles. The summed E-state index contributed by atoms with van der Waals surface area (Å²) in [6, 6.07) is 7.33. The van der Waals surface area contributed by atoms with Crippen molar-refractivity contribution in [2.45, 2.75) is 25.8 Å². The fraction of sp³-hybridized carbons (Fsp3) is 0.312. The van der Waals surface area contributed by atoms with Crippen molar-refractivity contribution in [1.82, 2.24) is 14.8 Å². The largest absolute Gasteiger partial charge is 0.328 e. The van der Waals surface area contributed by atoms with Crippen molar-refractivity contribution in [2.24, 2.45) is 5.92 Å². The van der Waals surface area contributed by atoms with Crippen molar-refractivity contribution >= 4 is 23.3 Å². The second-order valence-corrected chi connectivity index (χ2v) is 6.38. The molecule has 6 heteroatoms. The van der Waals surface area contributed by atoms with Gasteiger partial charge in [-0.2, -0.15) is 10.1 Å². The quantitative estimate of drug-likeness (QED) is 0.878. The zero-order valence-corrected chi connectivity index (χ0v) is 12.8. The summed E-state index contributed by atoms with van der Waals surface area (Å²) in [5, 5.41) is 8.22. The summed E-state index contributed by atoms with van der Waals surface area (Å²) in [4.78, 5) is 16.9. The molecule has 22 heavy (non-hydrogen) atoms. The number of Topliss-reactive ketones (excluding diaryl/α,β-unsaturated/α-hetero) is 1. The van der Waals surface area contributed by atoms with Crippen LogP contribution in [0.1, 0.15) is 31.4 Å². The molecule has 0 saturated carbocycles. The van der Waals surface area contributed by atoms with Crippen LogP contribution in [0.5, 0.6) is 0 Å². The molecule has 1 aliphatic heterocycles. The lowest BCUT2D eigenvalue weighted by Crippen LogP contribution is -2.33. The third kappa shape index (κ3) is 2.04. The second kappa shape index (κ2) is 4.95. The Morgan fingerprint density at radius 1 is 1.36 bits per heavy atom. The van der Waals surface area contributed by atoms with Crippen LogP contribution in [0.4, 0.5) is 5.95 Å². The number of anilines is 1. The molecule has 2 atom stereocenters. The third-order valence-corrected chi connectivity index (χ3v) is 4.47. The summed E-state index contributed by atoms with van der Waals surface area (Å²) >= 11 is 6.14. The van der Waals surface area contributed by atoms with Crippen LogP contribution in [0, 0.1) is 5.92 Å². The molecule has 0 amide bonds. The molecule has 0 radical (unpaired) electrons. The van der Waals surface area contributed by atoms with E-state index in [2.05, 4.69) is 22.3 Å². The first-order valence-corrected chi connectivity index (χ1v) is 7.69. The van der Waals surface area contributed by atoms with E-state index in [0.29, 0.717) is 23.3 Å². The topological polar surface area (TPSA) is 59.8 Å². The van der Waals surface area contributed by atoms with Gasteiger partial charge in [-0.15, -0.1) is 0 Å². The van der Waals surface area contributed by atoms with E-state index < -0.39 is 0 Å². The van der Waals surface area contributed by atoms with Gasteiger partial charge in [0.2, 0.25) is 5.95 Å². The summed E-state index contributed by atoms with van der Waals surface area (Å²) < 4.78 is 1.76. The number of halogens is 1. The smallest absolute Gasteiger partial charge is 0.226 e. The number of fused-ring (bicyclic) bond motifs is 1. The zero-order valence-electron chi connectivity index (χ0n) is 12.1. The molecule has 0 fully saturated rings. The van der Waals surface area contributed by atoms with Crippen LogP contribution in [-0.2, 0) is 4.79 Å². The number of rotatable bonds is 1. The fourth-order valence-electron chi connectivity index (χ4n) is 3.33. The number of carbonyl (C=O) groups is 1. The molecule has 1 aliphatic carbocycles. The molecular weight excluding hydrogens is 300 g/mol. The van der Waals surface area contributed by atoms with Crippen LogP contribution >= 0.6 is 11.6 Å². The average molecular weight is 315 g/mol. The predicted molar refractivity (Wildman–Crippen MR) is 83.7 cm³/mol. The normalized spacial score (nSPS) is 23.8. The maximum absolute atomic E-state index is 12.6. The highest BCUT2D eigenvalue weighted by atomic mass is 35.5. The Labute approximate surface area is 133 Å². The lowest BCUT2D eigenvalue weighted by atomic mass is 9.81. The minimum absolute atomic E-state index is 0.173. The maximum atomic E-state index is 12.6. The van der Waals surface area contributed by atoms with Crippen LogP contribution in [0.15, 0.2) is 41.9 Å². The van der Waals surface area contributed by atoms with Crippen LogP contribution in [-0.4, -0.2) is 20.5 Å². The third-order valence-electron chi connectivity index (χ3n) is 4.23. The van der Waals surface area contributed by atoms with Gasteiger partial charge in [0, 0.05) is 22.7 Å². The summed E-state index contributed by atoms with van der Waals surface area (Å²) in [5.74, 6) is 1.19. The molecule has 1 N–H and O–H groups in total. The van der Waals surface area contributed by atoms with E-state index in [-0.39, 0.29) is 11.8 Å². The van der Waals surface area contributed by atoms with Crippen LogP contribution in [0.2, 0.25) is 5.02 Å². The molecule has 4 rings (SSSR count). The number of hydrogen-bond donors (Lipinski definition) is 1. The maximum Gasteiger partial charge on any atom is 0.226 e. The summed E-state index contributed by atoms with van der Waals surface area (Å²) in [5.41, 5.74) is 2.71. The molecular formula is C16H15ClN4O. The Morgan fingerprint density at radius 3 is 3.05 bits per heavy atom.